The van der Waals surface area contributed by atoms with Gasteiger partial charge in [-0.2, -0.15) is 0 Å². The molecule has 0 aliphatic rings. The van der Waals surface area contributed by atoms with Crippen molar-refractivity contribution in [2.75, 3.05) is 0 Å². The summed E-state index contributed by atoms with van der Waals surface area (Å²) in [4.78, 5) is 15.0. The molecule has 0 amide bonds. The third kappa shape index (κ3) is 2.87. The monoisotopic (exact) mass is 307 g/mol. The van der Waals surface area contributed by atoms with Crippen LogP contribution in [0.4, 0.5) is 0 Å². The summed E-state index contributed by atoms with van der Waals surface area (Å²) >= 11 is 3.25. The Kier molecular flexibility index (Phi) is 3.62. The Labute approximate surface area is 112 Å². The van der Waals surface area contributed by atoms with Gasteiger partial charge in [0.1, 0.15) is 11.5 Å². The summed E-state index contributed by atoms with van der Waals surface area (Å²) in [7, 11) is 0. The van der Waals surface area contributed by atoms with Crippen LogP contribution >= 0.6 is 15.9 Å². The van der Waals surface area contributed by atoms with Gasteiger partial charge in [-0.25, -0.2) is 4.79 Å². The van der Waals surface area contributed by atoms with E-state index in [-0.39, 0.29) is 5.56 Å². The van der Waals surface area contributed by atoms with Gasteiger partial charge in [-0.15, -0.1) is 0 Å². The zero-order chi connectivity index (χ0) is 13.1. The minimum absolute atomic E-state index is 0.168. The minimum atomic E-state index is -0.996. The molecule has 0 fully saturated rings. The van der Waals surface area contributed by atoms with Gasteiger partial charge in [0.05, 0.1) is 11.3 Å². The molecule has 2 aromatic rings. The van der Waals surface area contributed by atoms with Crippen LogP contribution in [-0.2, 0) is 0 Å². The van der Waals surface area contributed by atoms with E-state index in [2.05, 4.69) is 20.9 Å². The number of halogens is 1. The molecule has 1 N–H and O–H groups in total. The Morgan fingerprint density at radius 1 is 1.39 bits per heavy atom. The summed E-state index contributed by atoms with van der Waals surface area (Å²) in [6, 6.07) is 8.24. The van der Waals surface area contributed by atoms with Crippen LogP contribution < -0.4 is 4.74 Å². The predicted octanol–water partition coefficient (Wildman–Crippen LogP) is 3.64. The molecule has 4 nitrogen and oxygen atoms in total. The number of rotatable bonds is 3. The molecular weight excluding hydrogens is 298 g/mol. The number of hydrogen-bond donors (Lipinski definition) is 1. The average molecular weight is 308 g/mol. The number of aromatic nitrogens is 1. The average Bonchev–Trinajstić information content (AvgIpc) is 2.31. The van der Waals surface area contributed by atoms with Crippen LogP contribution in [0.3, 0.4) is 0 Å². The molecule has 0 saturated carbocycles. The van der Waals surface area contributed by atoms with Crippen LogP contribution in [0.25, 0.3) is 0 Å². The van der Waals surface area contributed by atoms with Crippen LogP contribution in [0.2, 0.25) is 0 Å². The van der Waals surface area contributed by atoms with Crippen molar-refractivity contribution in [1.29, 1.82) is 0 Å². The second-order valence-electron chi connectivity index (χ2n) is 3.67. The number of benzene rings is 1. The van der Waals surface area contributed by atoms with E-state index in [9.17, 15) is 4.79 Å². The molecule has 2 rings (SSSR count). The molecule has 1 aromatic carbocycles. The highest BCUT2D eigenvalue weighted by Crippen LogP contribution is 2.27. The van der Waals surface area contributed by atoms with Gasteiger partial charge >= 0.3 is 5.97 Å². The number of pyridine rings is 1. The van der Waals surface area contributed by atoms with E-state index in [0.29, 0.717) is 16.0 Å². The Morgan fingerprint density at radius 2 is 2.17 bits per heavy atom. The van der Waals surface area contributed by atoms with Crippen molar-refractivity contribution in [3.63, 3.8) is 0 Å². The van der Waals surface area contributed by atoms with Gasteiger partial charge < -0.3 is 9.84 Å². The van der Waals surface area contributed by atoms with Crippen LogP contribution in [0, 0.1) is 6.92 Å². The molecule has 0 bridgehead atoms. The van der Waals surface area contributed by atoms with Crippen LogP contribution in [-0.4, -0.2) is 16.1 Å². The number of nitrogens with zero attached hydrogens (tertiary/aromatic N) is 1. The molecule has 1 heterocycles. The Hall–Kier alpha value is -1.88. The van der Waals surface area contributed by atoms with E-state index in [1.54, 1.807) is 24.4 Å². The Balaban J connectivity index is 2.35. The summed E-state index contributed by atoms with van der Waals surface area (Å²) in [5.41, 5.74) is 0.912. The lowest BCUT2D eigenvalue weighted by Crippen LogP contribution is -1.97. The van der Waals surface area contributed by atoms with Crippen molar-refractivity contribution in [2.45, 2.75) is 6.92 Å². The van der Waals surface area contributed by atoms with Gasteiger partial charge in [-0.3, -0.25) is 4.98 Å². The highest BCUT2D eigenvalue weighted by Gasteiger charge is 2.08. The van der Waals surface area contributed by atoms with Crippen molar-refractivity contribution < 1.29 is 14.6 Å². The smallest absolute Gasteiger partial charge is 0.335 e. The molecule has 92 valence electrons. The molecular formula is C13H10BrNO3. The number of carbonyl (C=O) groups is 1. The molecule has 0 unspecified atom stereocenters. The molecule has 0 saturated heterocycles. The fourth-order valence-corrected chi connectivity index (χ4v) is 1.92. The van der Waals surface area contributed by atoms with Crippen molar-refractivity contribution >= 4 is 21.9 Å². The van der Waals surface area contributed by atoms with Crippen LogP contribution in [0.1, 0.15) is 16.1 Å². The number of ether oxygens (including phenoxy) is 1. The van der Waals surface area contributed by atoms with E-state index < -0.39 is 5.97 Å². The van der Waals surface area contributed by atoms with Gasteiger partial charge in [-0.05, 0) is 37.3 Å². The van der Waals surface area contributed by atoms with Crippen LogP contribution in [0.15, 0.2) is 41.0 Å². The van der Waals surface area contributed by atoms with Crippen molar-refractivity contribution in [2.24, 2.45) is 0 Å². The fraction of sp³-hybridized carbons (Fsp3) is 0.0769. The minimum Gasteiger partial charge on any atom is -0.478 e. The highest BCUT2D eigenvalue weighted by atomic mass is 79.9. The lowest BCUT2D eigenvalue weighted by atomic mass is 10.2. The first-order valence-electron chi connectivity index (χ1n) is 5.19. The van der Waals surface area contributed by atoms with Gasteiger partial charge in [0.2, 0.25) is 0 Å². The standard InChI is InChI=1S/C13H10BrNO3/c1-8-12(3-2-4-15-8)18-11-6-9(13(16)17)5-10(14)7-11/h2-7H,1H3,(H,16,17). The first-order valence-corrected chi connectivity index (χ1v) is 5.99. The number of aryl methyl sites for hydroxylation is 1. The maximum absolute atomic E-state index is 10.9. The Morgan fingerprint density at radius 3 is 2.83 bits per heavy atom. The SMILES string of the molecule is Cc1ncccc1Oc1cc(Br)cc(C(=O)O)c1. The second-order valence-corrected chi connectivity index (χ2v) is 4.59. The molecule has 0 aliphatic carbocycles. The number of carboxylic acid groups (broad SMARTS) is 1. The van der Waals surface area contributed by atoms with E-state index in [4.69, 9.17) is 9.84 Å². The van der Waals surface area contributed by atoms with Crippen molar-refractivity contribution in [3.8, 4) is 11.5 Å². The zero-order valence-corrected chi connectivity index (χ0v) is 11.1. The number of aromatic carboxylic acids is 1. The van der Waals surface area contributed by atoms with E-state index in [0.717, 1.165) is 5.69 Å². The third-order valence-corrected chi connectivity index (χ3v) is 2.76. The summed E-state index contributed by atoms with van der Waals surface area (Å²) in [5, 5.41) is 8.97. The second kappa shape index (κ2) is 5.18. The summed E-state index contributed by atoms with van der Waals surface area (Å²) in [6.07, 6.45) is 1.67. The normalized spacial score (nSPS) is 10.1. The molecule has 0 atom stereocenters. The molecule has 1 aromatic heterocycles. The summed E-state index contributed by atoms with van der Waals surface area (Å²) < 4.78 is 6.28. The van der Waals surface area contributed by atoms with Crippen LogP contribution in [0.5, 0.6) is 11.5 Å². The summed E-state index contributed by atoms with van der Waals surface area (Å²) in [5.74, 6) is 0.0638. The topological polar surface area (TPSA) is 59.4 Å². The van der Waals surface area contributed by atoms with E-state index in [1.165, 1.54) is 12.1 Å². The highest BCUT2D eigenvalue weighted by molar-refractivity contribution is 9.10. The quantitative estimate of drug-likeness (QED) is 0.940. The largest absolute Gasteiger partial charge is 0.478 e. The maximum atomic E-state index is 10.9. The van der Waals surface area contributed by atoms with Gasteiger partial charge in [0.15, 0.2) is 0 Å². The van der Waals surface area contributed by atoms with Crippen molar-refractivity contribution in [1.82, 2.24) is 4.98 Å². The maximum Gasteiger partial charge on any atom is 0.335 e. The first kappa shape index (κ1) is 12.6. The summed E-state index contributed by atoms with van der Waals surface area (Å²) in [6.45, 7) is 1.82. The predicted molar refractivity (Wildman–Crippen MR) is 70.1 cm³/mol. The fourth-order valence-electron chi connectivity index (χ4n) is 1.45. The molecule has 5 heteroatoms. The van der Waals surface area contributed by atoms with Crippen molar-refractivity contribution in [3.05, 3.63) is 52.3 Å². The first-order chi connectivity index (χ1) is 8.56. The van der Waals surface area contributed by atoms with Gasteiger partial charge in [0.25, 0.3) is 0 Å². The Bertz CT molecular complexity index is 599. The van der Waals surface area contributed by atoms with E-state index >= 15 is 0 Å². The molecule has 0 spiro atoms. The lowest BCUT2D eigenvalue weighted by Gasteiger charge is -2.08. The zero-order valence-electron chi connectivity index (χ0n) is 9.55. The number of hydrogen-bond acceptors (Lipinski definition) is 3. The molecule has 0 aliphatic heterocycles. The van der Waals surface area contributed by atoms with E-state index in [1.807, 2.05) is 6.92 Å². The third-order valence-electron chi connectivity index (χ3n) is 2.30. The van der Waals surface area contributed by atoms with Gasteiger partial charge in [-0.1, -0.05) is 15.9 Å². The van der Waals surface area contributed by atoms with Gasteiger partial charge in [0, 0.05) is 10.7 Å². The number of carboxylic acids is 1. The lowest BCUT2D eigenvalue weighted by molar-refractivity contribution is 0.0696. The molecule has 18 heavy (non-hydrogen) atoms. The molecule has 0 radical (unpaired) electrons.